The van der Waals surface area contributed by atoms with Gasteiger partial charge in [0.1, 0.15) is 12.2 Å². The van der Waals surface area contributed by atoms with Crippen molar-refractivity contribution in [1.29, 1.82) is 0 Å². The molecule has 11 nitrogen and oxygen atoms in total. The van der Waals surface area contributed by atoms with E-state index in [9.17, 15) is 0 Å². The van der Waals surface area contributed by atoms with E-state index in [2.05, 4.69) is 47.1 Å². The van der Waals surface area contributed by atoms with E-state index in [-0.39, 0.29) is 17.6 Å². The van der Waals surface area contributed by atoms with E-state index in [4.69, 9.17) is 34.4 Å². The van der Waals surface area contributed by atoms with Crippen LogP contribution in [0.5, 0.6) is 11.8 Å². The number of aromatic nitrogens is 3. The Kier molecular flexibility index (Phi) is 7.11. The van der Waals surface area contributed by atoms with Gasteiger partial charge in [-0.3, -0.25) is 15.2 Å². The number of fused-ring (bicyclic) bond motifs is 4. The molecule has 7 rings (SSSR count). The molecular formula is C31H39N7O4. The van der Waals surface area contributed by atoms with Gasteiger partial charge in [0.25, 0.3) is 0 Å². The number of nitrogen functional groups attached to an aromatic ring is 1. The van der Waals surface area contributed by atoms with E-state index in [1.807, 2.05) is 6.07 Å². The summed E-state index contributed by atoms with van der Waals surface area (Å²) in [5.41, 5.74) is 11.4. The quantitative estimate of drug-likeness (QED) is 0.318. The number of nitrogens with one attached hydrogen (secondary N) is 1. The van der Waals surface area contributed by atoms with Gasteiger partial charge in [0.15, 0.2) is 17.3 Å². The fourth-order valence-corrected chi connectivity index (χ4v) is 7.50. The first-order valence-corrected chi connectivity index (χ1v) is 15.1. The largest absolute Gasteiger partial charge is 0.473 e. The van der Waals surface area contributed by atoms with E-state index < -0.39 is 0 Å². The summed E-state index contributed by atoms with van der Waals surface area (Å²) in [4.78, 5) is 16.4. The second kappa shape index (κ2) is 10.9. The van der Waals surface area contributed by atoms with Gasteiger partial charge in [0, 0.05) is 18.2 Å². The van der Waals surface area contributed by atoms with Crippen molar-refractivity contribution in [2.45, 2.75) is 75.5 Å². The predicted octanol–water partition coefficient (Wildman–Crippen LogP) is 3.80. The lowest BCUT2D eigenvalue weighted by molar-refractivity contribution is 0.00105. The van der Waals surface area contributed by atoms with Crippen molar-refractivity contribution in [3.05, 3.63) is 40.6 Å². The van der Waals surface area contributed by atoms with Gasteiger partial charge in [-0.15, -0.1) is 0 Å². The van der Waals surface area contributed by atoms with Gasteiger partial charge in [-0.1, -0.05) is 11.2 Å². The smallest absolute Gasteiger partial charge is 0.221 e. The number of nitrogens with two attached hydrogens (primary N) is 1. The molecule has 2 aromatic heterocycles. The Morgan fingerprint density at radius 2 is 2.10 bits per heavy atom. The molecule has 2 aliphatic heterocycles. The van der Waals surface area contributed by atoms with Crippen molar-refractivity contribution in [2.24, 2.45) is 4.99 Å². The van der Waals surface area contributed by atoms with Crippen LogP contribution < -0.4 is 20.5 Å². The number of aliphatic imine (C=N–C) groups is 1. The molecule has 0 saturated carbocycles. The first-order valence-electron chi connectivity index (χ1n) is 15.1. The van der Waals surface area contributed by atoms with E-state index in [0.29, 0.717) is 54.9 Å². The van der Waals surface area contributed by atoms with E-state index in [1.54, 1.807) is 6.07 Å². The third-order valence-electron chi connectivity index (χ3n) is 9.49. The van der Waals surface area contributed by atoms with Crippen LogP contribution in [0.15, 0.2) is 27.7 Å². The summed E-state index contributed by atoms with van der Waals surface area (Å²) in [5, 5.41) is 7.80. The van der Waals surface area contributed by atoms with Gasteiger partial charge in [-0.25, -0.2) is 0 Å². The lowest BCUT2D eigenvalue weighted by Crippen LogP contribution is -2.42. The van der Waals surface area contributed by atoms with Crippen molar-refractivity contribution in [1.82, 2.24) is 25.3 Å². The molecular weight excluding hydrogens is 534 g/mol. The van der Waals surface area contributed by atoms with Crippen LogP contribution >= 0.6 is 0 Å². The van der Waals surface area contributed by atoms with Crippen LogP contribution in [0.1, 0.15) is 61.5 Å². The Balaban J connectivity index is 1.28. The van der Waals surface area contributed by atoms with Crippen molar-refractivity contribution in [2.75, 3.05) is 39.2 Å². The molecule has 0 unspecified atom stereocenters. The molecule has 42 heavy (non-hydrogen) atoms. The average molecular weight is 574 g/mol. The molecule has 2 aliphatic carbocycles. The highest BCUT2D eigenvalue weighted by Gasteiger charge is 2.49. The maximum absolute atomic E-state index is 6.45. The Hall–Kier alpha value is -3.54. The summed E-state index contributed by atoms with van der Waals surface area (Å²) in [6, 6.07) is 6.14. The third-order valence-corrected chi connectivity index (χ3v) is 9.49. The average Bonchev–Trinajstić information content (AvgIpc) is 3.72. The number of rotatable bonds is 7. The van der Waals surface area contributed by atoms with Gasteiger partial charge in [-0.2, -0.15) is 9.97 Å². The van der Waals surface area contributed by atoms with Crippen LogP contribution in [-0.4, -0.2) is 78.5 Å². The van der Waals surface area contributed by atoms with Gasteiger partial charge in [-0.05, 0) is 89.4 Å². The Labute approximate surface area is 245 Å². The van der Waals surface area contributed by atoms with Crippen LogP contribution in [0.25, 0.3) is 11.5 Å². The number of hydrogen-bond donors (Lipinski definition) is 2. The minimum atomic E-state index is -0.347. The summed E-state index contributed by atoms with van der Waals surface area (Å²) in [6.07, 6.45) is 6.60. The standard InChI is InChI=1S/C31H39N7O4/c1-18(23-7-5-13-38(23)3)40-24-14-25(41-20-15-34-17-39-16-20)36-30(35-24)27-21-6-4-11-31(29(21)42-37-27)12-10-19-8-9-22(32)28(33-2)26(19)31/h8-9,14,18,20,23,34H,2,4-7,10-13,15-17,32H2,1,3H3/t18-,20+,23-,31-/m0/s1. The Morgan fingerprint density at radius 3 is 2.88 bits per heavy atom. The van der Waals surface area contributed by atoms with Crippen molar-refractivity contribution in [3.8, 4) is 23.3 Å². The number of hydrogen-bond acceptors (Lipinski definition) is 11. The van der Waals surface area contributed by atoms with Crippen LogP contribution in [0.2, 0.25) is 0 Å². The second-order valence-corrected chi connectivity index (χ2v) is 12.1. The number of aryl methyl sites for hydroxylation is 1. The molecule has 2 saturated heterocycles. The fraction of sp³-hybridized carbons (Fsp3) is 0.548. The molecule has 222 valence electrons. The highest BCUT2D eigenvalue weighted by molar-refractivity contribution is 5.75. The normalized spacial score (nSPS) is 26.1. The molecule has 4 atom stereocenters. The molecule has 1 aromatic carbocycles. The zero-order valence-corrected chi connectivity index (χ0v) is 24.4. The minimum Gasteiger partial charge on any atom is -0.473 e. The molecule has 0 bridgehead atoms. The fourth-order valence-electron chi connectivity index (χ4n) is 7.50. The molecule has 3 aromatic rings. The molecule has 3 N–H and O–H groups in total. The van der Waals surface area contributed by atoms with Crippen LogP contribution in [0.4, 0.5) is 11.4 Å². The van der Waals surface area contributed by atoms with Crippen LogP contribution in [-0.2, 0) is 23.0 Å². The van der Waals surface area contributed by atoms with Gasteiger partial charge in [0.05, 0.1) is 36.2 Å². The zero-order chi connectivity index (χ0) is 28.8. The van der Waals surface area contributed by atoms with Crippen LogP contribution in [0, 0.1) is 0 Å². The third kappa shape index (κ3) is 4.63. The predicted molar refractivity (Wildman–Crippen MR) is 159 cm³/mol. The summed E-state index contributed by atoms with van der Waals surface area (Å²) < 4.78 is 24.5. The molecule has 0 radical (unpaired) electrons. The van der Waals surface area contributed by atoms with Crippen molar-refractivity contribution in [3.63, 3.8) is 0 Å². The highest BCUT2D eigenvalue weighted by atomic mass is 16.5. The lowest BCUT2D eigenvalue weighted by atomic mass is 9.69. The number of nitrogens with zero attached hydrogens (tertiary/aromatic N) is 5. The number of anilines is 1. The van der Waals surface area contributed by atoms with Gasteiger partial charge < -0.3 is 24.5 Å². The first kappa shape index (κ1) is 27.3. The SMILES string of the molecule is C=Nc1c(N)ccc2c1[C@]1(CCCc3c(-c4nc(O[C@@H]5CNCOC5)cc(O[C@@H](C)[C@@H]5CCCN5C)n4)noc31)CC2. The molecule has 11 heteroatoms. The topological polar surface area (TPSA) is 133 Å². The monoisotopic (exact) mass is 573 g/mol. The summed E-state index contributed by atoms with van der Waals surface area (Å²) >= 11 is 0. The second-order valence-electron chi connectivity index (χ2n) is 12.1. The number of likely N-dealkylation sites (N-methyl/N-ethyl adjacent to an activating group) is 1. The van der Waals surface area contributed by atoms with E-state index in [0.717, 1.165) is 74.1 Å². The molecule has 0 amide bonds. The zero-order valence-electron chi connectivity index (χ0n) is 24.4. The Bertz CT molecular complexity index is 1490. The van der Waals surface area contributed by atoms with Crippen molar-refractivity contribution >= 4 is 18.1 Å². The highest BCUT2D eigenvalue weighted by Crippen LogP contribution is 2.56. The van der Waals surface area contributed by atoms with E-state index >= 15 is 0 Å². The number of likely N-dealkylation sites (tertiary alicyclic amines) is 1. The molecule has 4 aliphatic rings. The number of ether oxygens (including phenoxy) is 3. The minimum absolute atomic E-state index is 0.0486. The first-order chi connectivity index (χ1) is 20.5. The van der Waals surface area contributed by atoms with Crippen molar-refractivity contribution < 1.29 is 18.7 Å². The van der Waals surface area contributed by atoms with Gasteiger partial charge in [0.2, 0.25) is 11.8 Å². The molecule has 4 heterocycles. The maximum atomic E-state index is 6.45. The van der Waals surface area contributed by atoms with Gasteiger partial charge >= 0.3 is 0 Å². The summed E-state index contributed by atoms with van der Waals surface area (Å²) in [7, 11) is 2.15. The molecule has 2 fully saturated rings. The molecule has 1 spiro atoms. The lowest BCUT2D eigenvalue weighted by Gasteiger charge is -2.33. The summed E-state index contributed by atoms with van der Waals surface area (Å²) in [6.45, 7) is 8.68. The van der Waals surface area contributed by atoms with E-state index in [1.165, 1.54) is 5.56 Å². The maximum Gasteiger partial charge on any atom is 0.221 e. The Morgan fingerprint density at radius 1 is 1.21 bits per heavy atom. The summed E-state index contributed by atoms with van der Waals surface area (Å²) in [5.74, 6) is 2.20. The van der Waals surface area contributed by atoms with Crippen LogP contribution in [0.3, 0.4) is 0 Å². The number of benzene rings is 1.